The summed E-state index contributed by atoms with van der Waals surface area (Å²) >= 11 is 0. The van der Waals surface area contributed by atoms with Crippen molar-refractivity contribution in [2.75, 3.05) is 45.3 Å². The van der Waals surface area contributed by atoms with Crippen molar-refractivity contribution in [2.45, 2.75) is 18.4 Å². The van der Waals surface area contributed by atoms with Crippen LogP contribution in [0.1, 0.15) is 12.8 Å². The van der Waals surface area contributed by atoms with Crippen molar-refractivity contribution < 1.29 is 9.47 Å². The smallest absolute Gasteiger partial charge is 0.193 e. The molecular formula is C16H24N4O2. The predicted molar refractivity (Wildman–Crippen MR) is 87.5 cm³/mol. The Bertz CT molecular complexity index is 519. The summed E-state index contributed by atoms with van der Waals surface area (Å²) in [5.74, 6) is 1.29. The van der Waals surface area contributed by atoms with E-state index < -0.39 is 0 Å². The van der Waals surface area contributed by atoms with Crippen molar-refractivity contribution in [1.29, 1.82) is 0 Å². The molecule has 6 heteroatoms. The van der Waals surface area contributed by atoms with E-state index in [9.17, 15) is 0 Å². The molecule has 2 fully saturated rings. The molecular weight excluding hydrogens is 280 g/mol. The standard InChI is InChI=1S/C16H24N4O2/c1-21-14-4-2-13(3-5-14)19-15(17)18-12-16(6-7-16)20-8-10-22-11-9-20/h2-5H,6-12H2,1H3,(H3,17,18,19). The average molecular weight is 304 g/mol. The van der Waals surface area contributed by atoms with Crippen LogP contribution in [0.15, 0.2) is 29.3 Å². The first kappa shape index (κ1) is 15.1. The molecule has 3 rings (SSSR count). The highest BCUT2D eigenvalue weighted by Gasteiger charge is 2.48. The normalized spacial score (nSPS) is 21.4. The molecule has 3 N–H and O–H groups in total. The predicted octanol–water partition coefficient (Wildman–Crippen LogP) is 1.29. The lowest BCUT2D eigenvalue weighted by atomic mass is 10.2. The van der Waals surface area contributed by atoms with Crippen LogP contribution in [0.4, 0.5) is 5.69 Å². The number of guanidine groups is 1. The summed E-state index contributed by atoms with van der Waals surface area (Å²) in [6.45, 7) is 4.40. The van der Waals surface area contributed by atoms with E-state index in [4.69, 9.17) is 15.2 Å². The summed E-state index contributed by atoms with van der Waals surface area (Å²) < 4.78 is 10.6. The Hall–Kier alpha value is -1.79. The van der Waals surface area contributed by atoms with Gasteiger partial charge in [-0.15, -0.1) is 0 Å². The van der Waals surface area contributed by atoms with Crippen LogP contribution in [-0.4, -0.2) is 56.4 Å². The third kappa shape index (κ3) is 3.51. The summed E-state index contributed by atoms with van der Waals surface area (Å²) in [6.07, 6.45) is 2.40. The zero-order valence-corrected chi connectivity index (χ0v) is 13.0. The number of morpholine rings is 1. The molecule has 1 saturated heterocycles. The molecule has 1 aromatic rings. The molecule has 22 heavy (non-hydrogen) atoms. The number of nitrogens with one attached hydrogen (secondary N) is 1. The Balaban J connectivity index is 1.55. The fourth-order valence-electron chi connectivity index (χ4n) is 2.85. The second-order valence-corrected chi connectivity index (χ2v) is 5.88. The highest BCUT2D eigenvalue weighted by molar-refractivity contribution is 5.92. The van der Waals surface area contributed by atoms with Gasteiger partial charge in [-0.2, -0.15) is 0 Å². The molecule has 0 unspecified atom stereocenters. The van der Waals surface area contributed by atoms with Crippen LogP contribution >= 0.6 is 0 Å². The molecule has 1 heterocycles. The number of hydrogen-bond acceptors (Lipinski definition) is 4. The summed E-state index contributed by atoms with van der Waals surface area (Å²) in [5, 5.41) is 3.13. The van der Waals surface area contributed by atoms with E-state index in [1.807, 2.05) is 24.3 Å². The molecule has 0 spiro atoms. The average Bonchev–Trinajstić information content (AvgIpc) is 3.36. The number of ether oxygens (including phenoxy) is 2. The molecule has 2 aliphatic rings. The minimum atomic E-state index is 0.218. The molecule has 120 valence electrons. The van der Waals surface area contributed by atoms with E-state index in [0.29, 0.717) is 5.96 Å². The molecule has 0 amide bonds. The first-order valence-electron chi connectivity index (χ1n) is 7.76. The first-order chi connectivity index (χ1) is 10.7. The van der Waals surface area contributed by atoms with E-state index in [0.717, 1.165) is 44.3 Å². The Morgan fingerprint density at radius 3 is 2.59 bits per heavy atom. The van der Waals surface area contributed by atoms with Gasteiger partial charge in [-0.1, -0.05) is 0 Å². The van der Waals surface area contributed by atoms with E-state index >= 15 is 0 Å². The van der Waals surface area contributed by atoms with Gasteiger partial charge >= 0.3 is 0 Å². The number of aliphatic imine (C=N–C) groups is 1. The number of nitrogens with zero attached hydrogens (tertiary/aromatic N) is 2. The van der Waals surface area contributed by atoms with Crippen molar-refractivity contribution in [3.05, 3.63) is 24.3 Å². The van der Waals surface area contributed by atoms with Crippen molar-refractivity contribution in [2.24, 2.45) is 10.7 Å². The minimum absolute atomic E-state index is 0.218. The summed E-state index contributed by atoms with van der Waals surface area (Å²) in [4.78, 5) is 7.04. The maximum absolute atomic E-state index is 6.01. The Morgan fingerprint density at radius 2 is 2.00 bits per heavy atom. The van der Waals surface area contributed by atoms with Crippen molar-refractivity contribution >= 4 is 11.6 Å². The summed E-state index contributed by atoms with van der Waals surface area (Å²) in [7, 11) is 1.65. The van der Waals surface area contributed by atoms with Gasteiger partial charge < -0.3 is 20.5 Å². The highest BCUT2D eigenvalue weighted by atomic mass is 16.5. The monoisotopic (exact) mass is 304 g/mol. The number of methoxy groups -OCH3 is 1. The molecule has 6 nitrogen and oxygen atoms in total. The SMILES string of the molecule is COc1ccc(NC(N)=NCC2(N3CCOCC3)CC2)cc1. The van der Waals surface area contributed by atoms with Gasteiger partial charge in [-0.3, -0.25) is 9.89 Å². The van der Waals surface area contributed by atoms with Gasteiger partial charge in [-0.05, 0) is 37.1 Å². The van der Waals surface area contributed by atoms with Gasteiger partial charge in [0.1, 0.15) is 5.75 Å². The van der Waals surface area contributed by atoms with Crippen LogP contribution in [0.5, 0.6) is 5.75 Å². The molecule has 1 aliphatic carbocycles. The third-order valence-corrected chi connectivity index (χ3v) is 4.42. The van der Waals surface area contributed by atoms with Crippen molar-refractivity contribution in [1.82, 2.24) is 4.90 Å². The molecule has 0 atom stereocenters. The molecule has 0 bridgehead atoms. The van der Waals surface area contributed by atoms with Crippen LogP contribution < -0.4 is 15.8 Å². The lowest BCUT2D eigenvalue weighted by Crippen LogP contribution is -2.47. The number of anilines is 1. The molecule has 1 aromatic carbocycles. The van der Waals surface area contributed by atoms with Crippen LogP contribution in [0, 0.1) is 0 Å². The van der Waals surface area contributed by atoms with Gasteiger partial charge in [0.25, 0.3) is 0 Å². The maximum Gasteiger partial charge on any atom is 0.193 e. The van der Waals surface area contributed by atoms with Crippen LogP contribution in [-0.2, 0) is 4.74 Å². The van der Waals surface area contributed by atoms with Crippen LogP contribution in [0.3, 0.4) is 0 Å². The quantitative estimate of drug-likeness (QED) is 0.633. The summed E-state index contributed by atoms with van der Waals surface area (Å²) in [5.41, 5.74) is 7.14. The van der Waals surface area contributed by atoms with Gasteiger partial charge in [-0.25, -0.2) is 0 Å². The fraction of sp³-hybridized carbons (Fsp3) is 0.562. The van der Waals surface area contributed by atoms with Crippen molar-refractivity contribution in [3.8, 4) is 5.75 Å². The van der Waals surface area contributed by atoms with Crippen molar-refractivity contribution in [3.63, 3.8) is 0 Å². The van der Waals surface area contributed by atoms with Gasteiger partial charge in [0.2, 0.25) is 0 Å². The topological polar surface area (TPSA) is 72.1 Å². The van der Waals surface area contributed by atoms with Gasteiger partial charge in [0.05, 0.1) is 26.9 Å². The lowest BCUT2D eigenvalue weighted by molar-refractivity contribution is 0.0117. The van der Waals surface area contributed by atoms with E-state index in [-0.39, 0.29) is 5.54 Å². The highest BCUT2D eigenvalue weighted by Crippen LogP contribution is 2.42. The van der Waals surface area contributed by atoms with Crippen LogP contribution in [0.25, 0.3) is 0 Å². The lowest BCUT2D eigenvalue weighted by Gasteiger charge is -2.34. The van der Waals surface area contributed by atoms with E-state index in [1.54, 1.807) is 7.11 Å². The number of rotatable bonds is 5. The first-order valence-corrected chi connectivity index (χ1v) is 7.76. The number of nitrogens with two attached hydrogens (primary N) is 1. The minimum Gasteiger partial charge on any atom is -0.497 e. The molecule has 1 saturated carbocycles. The molecule has 0 radical (unpaired) electrons. The Kier molecular flexibility index (Phi) is 4.49. The zero-order valence-electron chi connectivity index (χ0n) is 13.0. The fourth-order valence-corrected chi connectivity index (χ4v) is 2.85. The second kappa shape index (κ2) is 6.54. The second-order valence-electron chi connectivity index (χ2n) is 5.88. The van der Waals surface area contributed by atoms with E-state index in [2.05, 4.69) is 15.2 Å². The molecule has 0 aromatic heterocycles. The zero-order chi connectivity index (χ0) is 15.4. The van der Waals surface area contributed by atoms with Gasteiger partial charge in [0, 0.05) is 24.3 Å². The van der Waals surface area contributed by atoms with Crippen LogP contribution in [0.2, 0.25) is 0 Å². The summed E-state index contributed by atoms with van der Waals surface area (Å²) in [6, 6.07) is 7.64. The molecule has 1 aliphatic heterocycles. The van der Waals surface area contributed by atoms with Gasteiger partial charge in [0.15, 0.2) is 5.96 Å². The number of hydrogen-bond donors (Lipinski definition) is 2. The largest absolute Gasteiger partial charge is 0.497 e. The Labute approximate surface area is 131 Å². The maximum atomic E-state index is 6.01. The van der Waals surface area contributed by atoms with E-state index in [1.165, 1.54) is 12.8 Å². The third-order valence-electron chi connectivity index (χ3n) is 4.42. The number of benzene rings is 1. The Morgan fingerprint density at radius 1 is 1.32 bits per heavy atom.